The fourth-order valence-corrected chi connectivity index (χ4v) is 13.7. The standard InChI is InChI=1S/C63H53N/c1-62(2)58-23-9-7-19-54(58)55-31-30-49(37-59(55)62)64(60-24-10-8-20-56(60)52-21-11-15-45-13-3-5-17-50(45)52)61-32-27-47(36-57(61)53-22-12-16-46-14-4-6-18-51(46)53)44-25-28-48(29-26-44)63-38-41-33-42(39-63)35-43(34-41)40-63/h3-32,36-37,41-43H,33-35,38-40H2,1-2H3. The zero-order valence-electron chi connectivity index (χ0n) is 36.9. The van der Waals surface area contributed by atoms with Crippen molar-refractivity contribution < 1.29 is 0 Å². The molecule has 14 rings (SSSR count). The lowest BCUT2D eigenvalue weighted by Crippen LogP contribution is -2.48. The Hall–Kier alpha value is -6.70. The normalized spacial score (nSPS) is 21.2. The van der Waals surface area contributed by atoms with Gasteiger partial charge in [0.1, 0.15) is 0 Å². The van der Waals surface area contributed by atoms with Crippen LogP contribution in [-0.4, -0.2) is 0 Å². The van der Waals surface area contributed by atoms with E-state index in [1.54, 1.807) is 5.56 Å². The van der Waals surface area contributed by atoms with Crippen LogP contribution in [0.25, 0.3) is 66.1 Å². The second-order valence-electron chi connectivity index (χ2n) is 20.3. The van der Waals surface area contributed by atoms with E-state index >= 15 is 0 Å². The van der Waals surface area contributed by atoms with Crippen molar-refractivity contribution in [3.63, 3.8) is 0 Å². The zero-order valence-corrected chi connectivity index (χ0v) is 36.9. The van der Waals surface area contributed by atoms with Crippen LogP contribution in [0.4, 0.5) is 17.1 Å². The van der Waals surface area contributed by atoms with Crippen LogP contribution in [0.2, 0.25) is 0 Å². The van der Waals surface area contributed by atoms with Crippen molar-refractivity contribution in [3.8, 4) is 44.5 Å². The lowest BCUT2D eigenvalue weighted by atomic mass is 9.48. The highest BCUT2D eigenvalue weighted by Gasteiger charge is 2.51. The fraction of sp³-hybridized carbons (Fsp3) is 0.206. The summed E-state index contributed by atoms with van der Waals surface area (Å²) in [5, 5.41) is 5.00. The van der Waals surface area contributed by atoms with Gasteiger partial charge in [0.05, 0.1) is 11.4 Å². The van der Waals surface area contributed by atoms with Crippen molar-refractivity contribution in [2.45, 2.75) is 63.2 Å². The minimum atomic E-state index is -0.145. The van der Waals surface area contributed by atoms with Crippen molar-refractivity contribution in [3.05, 3.63) is 211 Å². The third-order valence-corrected chi connectivity index (χ3v) is 16.2. The van der Waals surface area contributed by atoms with Gasteiger partial charge in [0, 0.05) is 22.2 Å². The maximum absolute atomic E-state index is 2.56. The smallest absolute Gasteiger partial charge is 0.0540 e. The molecule has 0 unspecified atom stereocenters. The van der Waals surface area contributed by atoms with Crippen LogP contribution in [0.5, 0.6) is 0 Å². The predicted molar refractivity (Wildman–Crippen MR) is 270 cm³/mol. The summed E-state index contributed by atoms with van der Waals surface area (Å²) in [6, 6.07) is 73.6. The van der Waals surface area contributed by atoms with Crippen LogP contribution < -0.4 is 4.90 Å². The summed E-state index contributed by atoms with van der Waals surface area (Å²) < 4.78 is 0. The molecule has 0 spiro atoms. The van der Waals surface area contributed by atoms with E-state index in [0.717, 1.165) is 34.8 Å². The van der Waals surface area contributed by atoms with Crippen LogP contribution in [-0.2, 0) is 10.8 Å². The molecule has 4 fully saturated rings. The molecule has 310 valence electrons. The van der Waals surface area contributed by atoms with E-state index in [0.29, 0.717) is 5.41 Å². The second-order valence-corrected chi connectivity index (χ2v) is 20.3. The molecule has 0 radical (unpaired) electrons. The molecule has 0 amide bonds. The van der Waals surface area contributed by atoms with Gasteiger partial charge in [-0.1, -0.05) is 178 Å². The number of hydrogen-bond donors (Lipinski definition) is 0. The molecule has 5 aliphatic carbocycles. The first-order chi connectivity index (χ1) is 31.4. The Morgan fingerprint density at radius 1 is 0.391 bits per heavy atom. The molecule has 0 heterocycles. The van der Waals surface area contributed by atoms with E-state index in [9.17, 15) is 0 Å². The summed E-state index contributed by atoms with van der Waals surface area (Å²) in [4.78, 5) is 2.56. The lowest BCUT2D eigenvalue weighted by molar-refractivity contribution is -0.00518. The van der Waals surface area contributed by atoms with E-state index in [1.807, 2.05) is 0 Å². The first-order valence-corrected chi connectivity index (χ1v) is 23.8. The molecule has 5 aliphatic rings. The minimum Gasteiger partial charge on any atom is -0.309 e. The Bertz CT molecular complexity index is 3250. The van der Waals surface area contributed by atoms with Gasteiger partial charge in [-0.25, -0.2) is 0 Å². The number of benzene rings is 9. The Kier molecular flexibility index (Phi) is 8.52. The van der Waals surface area contributed by atoms with Crippen molar-refractivity contribution in [1.29, 1.82) is 0 Å². The Morgan fingerprint density at radius 3 is 1.59 bits per heavy atom. The first-order valence-electron chi connectivity index (χ1n) is 23.8. The number of fused-ring (bicyclic) bond motifs is 5. The van der Waals surface area contributed by atoms with E-state index in [1.165, 1.54) is 116 Å². The van der Waals surface area contributed by atoms with Crippen LogP contribution in [0.15, 0.2) is 194 Å². The number of rotatable bonds is 7. The maximum atomic E-state index is 2.56. The molecule has 1 heteroatoms. The largest absolute Gasteiger partial charge is 0.309 e. The highest BCUT2D eigenvalue weighted by Crippen LogP contribution is 2.61. The molecule has 1 nitrogen and oxygen atoms in total. The molecule has 64 heavy (non-hydrogen) atoms. The Labute approximate surface area is 378 Å². The SMILES string of the molecule is CC1(C)c2ccccc2-c2ccc(N(c3ccccc3-c3cccc4ccccc34)c3ccc(-c4ccc(C56CC7CC(CC(C7)C5)C6)cc4)cc3-c3cccc4ccccc34)cc21. The van der Waals surface area contributed by atoms with Crippen molar-refractivity contribution in [2.24, 2.45) is 17.8 Å². The van der Waals surface area contributed by atoms with E-state index in [4.69, 9.17) is 0 Å². The molecule has 0 saturated heterocycles. The molecule has 4 saturated carbocycles. The van der Waals surface area contributed by atoms with E-state index in [2.05, 4.69) is 213 Å². The molecular weight excluding hydrogens is 771 g/mol. The average Bonchev–Trinajstić information content (AvgIpc) is 3.56. The summed E-state index contributed by atoms with van der Waals surface area (Å²) in [6.07, 6.45) is 8.59. The van der Waals surface area contributed by atoms with Crippen LogP contribution >= 0.6 is 0 Å². The summed E-state index contributed by atoms with van der Waals surface area (Å²) in [5.74, 6) is 2.80. The van der Waals surface area contributed by atoms with Crippen LogP contribution in [0.3, 0.4) is 0 Å². The highest BCUT2D eigenvalue weighted by molar-refractivity contribution is 6.06. The monoisotopic (exact) mass is 823 g/mol. The van der Waals surface area contributed by atoms with Gasteiger partial charge < -0.3 is 4.90 Å². The van der Waals surface area contributed by atoms with Crippen molar-refractivity contribution >= 4 is 38.6 Å². The highest BCUT2D eigenvalue weighted by atomic mass is 15.1. The minimum absolute atomic E-state index is 0.145. The van der Waals surface area contributed by atoms with Gasteiger partial charge in [0.25, 0.3) is 0 Å². The molecule has 9 aromatic rings. The van der Waals surface area contributed by atoms with Gasteiger partial charge in [0.2, 0.25) is 0 Å². The molecule has 0 aliphatic heterocycles. The zero-order chi connectivity index (χ0) is 42.6. The molecule has 0 aromatic heterocycles. The number of hydrogen-bond acceptors (Lipinski definition) is 1. The second kappa shape index (κ2) is 14.4. The molecular formula is C63H53N. The molecule has 0 atom stereocenters. The lowest BCUT2D eigenvalue weighted by Gasteiger charge is -2.57. The van der Waals surface area contributed by atoms with Crippen LogP contribution in [0.1, 0.15) is 69.1 Å². The van der Waals surface area contributed by atoms with Gasteiger partial charge in [-0.05, 0) is 164 Å². The summed E-state index contributed by atoms with van der Waals surface area (Å²) >= 11 is 0. The van der Waals surface area contributed by atoms with Gasteiger partial charge in [0.15, 0.2) is 0 Å². The van der Waals surface area contributed by atoms with Crippen LogP contribution in [0, 0.1) is 17.8 Å². The van der Waals surface area contributed by atoms with Crippen molar-refractivity contribution in [1.82, 2.24) is 0 Å². The average molecular weight is 824 g/mol. The summed E-state index contributed by atoms with van der Waals surface area (Å²) in [5.41, 5.74) is 18.1. The van der Waals surface area contributed by atoms with Crippen molar-refractivity contribution in [2.75, 3.05) is 4.90 Å². The third-order valence-electron chi connectivity index (χ3n) is 16.2. The molecule has 0 N–H and O–H groups in total. The van der Waals surface area contributed by atoms with Gasteiger partial charge >= 0.3 is 0 Å². The summed E-state index contributed by atoms with van der Waals surface area (Å²) in [6.45, 7) is 4.78. The Morgan fingerprint density at radius 2 is 0.906 bits per heavy atom. The quantitative estimate of drug-likeness (QED) is 0.155. The number of anilines is 3. The predicted octanol–water partition coefficient (Wildman–Crippen LogP) is 17.2. The van der Waals surface area contributed by atoms with Gasteiger partial charge in [-0.15, -0.1) is 0 Å². The van der Waals surface area contributed by atoms with Gasteiger partial charge in [-0.3, -0.25) is 0 Å². The number of nitrogens with zero attached hydrogens (tertiary/aromatic N) is 1. The number of para-hydroxylation sites is 1. The van der Waals surface area contributed by atoms with Gasteiger partial charge in [-0.2, -0.15) is 0 Å². The molecule has 4 bridgehead atoms. The first kappa shape index (κ1) is 37.8. The summed E-state index contributed by atoms with van der Waals surface area (Å²) in [7, 11) is 0. The third kappa shape index (κ3) is 5.90. The maximum Gasteiger partial charge on any atom is 0.0540 e. The van der Waals surface area contributed by atoms with E-state index in [-0.39, 0.29) is 5.41 Å². The molecule has 9 aromatic carbocycles. The topological polar surface area (TPSA) is 3.24 Å². The fourth-order valence-electron chi connectivity index (χ4n) is 13.7. The van der Waals surface area contributed by atoms with E-state index < -0.39 is 0 Å². The Balaban J connectivity index is 1.03.